The van der Waals surface area contributed by atoms with Crippen LogP contribution < -0.4 is 9.64 Å². The number of aliphatic hydroxyl groups is 2. The van der Waals surface area contributed by atoms with Crippen molar-refractivity contribution in [3.8, 4) is 17.1 Å². The third-order valence-electron chi connectivity index (χ3n) is 6.28. The summed E-state index contributed by atoms with van der Waals surface area (Å²) in [5.41, 5.74) is 1.66. The Kier molecular flexibility index (Phi) is 5.22. The van der Waals surface area contributed by atoms with Crippen molar-refractivity contribution in [2.24, 2.45) is 18.9 Å². The second-order valence-electron chi connectivity index (χ2n) is 8.26. The van der Waals surface area contributed by atoms with E-state index in [1.165, 1.54) is 0 Å². The average molecular weight is 427 g/mol. The lowest BCUT2D eigenvalue weighted by atomic mass is 9.78. The number of aryl methyl sites for hydroxylation is 1. The van der Waals surface area contributed by atoms with E-state index < -0.39 is 6.10 Å². The van der Waals surface area contributed by atoms with Gasteiger partial charge in [0.15, 0.2) is 5.13 Å². The van der Waals surface area contributed by atoms with Gasteiger partial charge in [-0.3, -0.25) is 0 Å². The molecule has 0 spiro atoms. The Bertz CT molecular complexity index is 1020. The number of para-hydroxylation sites is 1. The van der Waals surface area contributed by atoms with Crippen molar-refractivity contribution in [3.63, 3.8) is 0 Å². The number of benzene rings is 1. The van der Waals surface area contributed by atoms with E-state index in [1.54, 1.807) is 17.5 Å². The number of imidazole rings is 1. The molecule has 158 valence electrons. The van der Waals surface area contributed by atoms with Crippen molar-refractivity contribution in [2.45, 2.75) is 31.7 Å². The molecule has 1 saturated carbocycles. The van der Waals surface area contributed by atoms with Gasteiger partial charge in [-0.1, -0.05) is 12.1 Å². The van der Waals surface area contributed by atoms with Crippen LogP contribution in [-0.2, 0) is 13.7 Å². The Labute approximate surface area is 179 Å². The van der Waals surface area contributed by atoms with Crippen molar-refractivity contribution in [2.75, 3.05) is 18.0 Å². The minimum Gasteiger partial charge on any atom is -0.487 e. The molecule has 5 rings (SSSR count). The summed E-state index contributed by atoms with van der Waals surface area (Å²) in [6, 6.07) is 7.90. The van der Waals surface area contributed by atoms with Gasteiger partial charge in [0.1, 0.15) is 17.7 Å². The fourth-order valence-corrected chi connectivity index (χ4v) is 5.57. The predicted molar refractivity (Wildman–Crippen MR) is 116 cm³/mol. The fourth-order valence-electron chi connectivity index (χ4n) is 4.73. The summed E-state index contributed by atoms with van der Waals surface area (Å²) in [6.07, 6.45) is 4.51. The maximum Gasteiger partial charge on any atom is 0.185 e. The smallest absolute Gasteiger partial charge is 0.185 e. The van der Waals surface area contributed by atoms with Crippen LogP contribution in [0.4, 0.5) is 5.13 Å². The first-order valence-corrected chi connectivity index (χ1v) is 11.2. The van der Waals surface area contributed by atoms with Gasteiger partial charge in [-0.05, 0) is 36.8 Å². The molecule has 2 fully saturated rings. The number of aliphatic hydroxyl groups excluding tert-OH is 2. The first-order valence-electron chi connectivity index (χ1n) is 10.3. The lowest BCUT2D eigenvalue weighted by molar-refractivity contribution is -0.0229. The highest BCUT2D eigenvalue weighted by atomic mass is 32.1. The van der Waals surface area contributed by atoms with E-state index in [0.29, 0.717) is 11.8 Å². The van der Waals surface area contributed by atoms with E-state index in [0.717, 1.165) is 53.9 Å². The first kappa shape index (κ1) is 19.5. The molecule has 4 atom stereocenters. The number of anilines is 1. The average Bonchev–Trinajstić information content (AvgIpc) is 3.48. The summed E-state index contributed by atoms with van der Waals surface area (Å²) in [6.45, 7) is 1.79. The maximum atomic E-state index is 10.8. The molecule has 1 saturated heterocycles. The molecule has 0 bridgehead atoms. The Morgan fingerprint density at radius 2 is 2.00 bits per heavy atom. The van der Waals surface area contributed by atoms with Crippen molar-refractivity contribution in [1.82, 2.24) is 14.5 Å². The molecule has 0 amide bonds. The number of hydrogen-bond acceptors (Lipinski definition) is 7. The van der Waals surface area contributed by atoms with Gasteiger partial charge < -0.3 is 24.4 Å². The third kappa shape index (κ3) is 3.59. The Balaban J connectivity index is 1.32. The highest BCUT2D eigenvalue weighted by molar-refractivity contribution is 7.13. The molecule has 1 aliphatic carbocycles. The van der Waals surface area contributed by atoms with Gasteiger partial charge in [0, 0.05) is 37.9 Å². The largest absolute Gasteiger partial charge is 0.487 e. The standard InChI is InChI=1S/C22H26N4O3S/c1-25-7-6-23-21(25)17-4-2-3-5-19(17)29-20-9-15-11-26(10-14(15)8-18(20)28)22-24-16(12-27)13-30-22/h2-7,13-15,18,20,27-28H,8-12H2,1H3/t14-,15+,18+,20+/m0/s1. The van der Waals surface area contributed by atoms with Crippen LogP contribution in [0.1, 0.15) is 18.5 Å². The van der Waals surface area contributed by atoms with Crippen LogP contribution in [0.3, 0.4) is 0 Å². The summed E-state index contributed by atoms with van der Waals surface area (Å²) in [5, 5.41) is 23.0. The van der Waals surface area contributed by atoms with Gasteiger partial charge in [-0.25, -0.2) is 9.97 Å². The molecule has 0 unspecified atom stereocenters. The topological polar surface area (TPSA) is 83.6 Å². The molecule has 3 heterocycles. The molecule has 7 nitrogen and oxygen atoms in total. The Hall–Kier alpha value is -2.42. The van der Waals surface area contributed by atoms with Gasteiger partial charge >= 0.3 is 0 Å². The summed E-state index contributed by atoms with van der Waals surface area (Å²) in [4.78, 5) is 11.3. The number of hydrogen-bond donors (Lipinski definition) is 2. The molecular formula is C22H26N4O3S. The molecular weight excluding hydrogens is 400 g/mol. The first-order chi connectivity index (χ1) is 14.6. The van der Waals surface area contributed by atoms with Crippen LogP contribution in [0.2, 0.25) is 0 Å². The van der Waals surface area contributed by atoms with Crippen molar-refractivity contribution < 1.29 is 14.9 Å². The molecule has 3 aromatic rings. The minimum absolute atomic E-state index is 0.0266. The second kappa shape index (κ2) is 8.02. The van der Waals surface area contributed by atoms with Crippen LogP contribution in [0.25, 0.3) is 11.4 Å². The van der Waals surface area contributed by atoms with E-state index in [9.17, 15) is 10.2 Å². The zero-order valence-corrected chi connectivity index (χ0v) is 17.7. The number of ether oxygens (including phenoxy) is 1. The van der Waals surface area contributed by atoms with Crippen LogP contribution in [0.5, 0.6) is 5.75 Å². The number of nitrogens with zero attached hydrogens (tertiary/aromatic N) is 4. The number of thiazole rings is 1. The summed E-state index contributed by atoms with van der Waals surface area (Å²) < 4.78 is 8.35. The quantitative estimate of drug-likeness (QED) is 0.653. The summed E-state index contributed by atoms with van der Waals surface area (Å²) in [5.74, 6) is 2.51. The SMILES string of the molecule is Cn1ccnc1-c1ccccc1O[C@@H]1C[C@@H]2CN(c3nc(CO)cs3)C[C@@H]2C[C@H]1O. The number of aromatic nitrogens is 3. The van der Waals surface area contributed by atoms with E-state index in [-0.39, 0.29) is 12.7 Å². The van der Waals surface area contributed by atoms with Gasteiger partial charge in [0.05, 0.1) is 24.0 Å². The molecule has 0 radical (unpaired) electrons. The highest BCUT2D eigenvalue weighted by Gasteiger charge is 2.43. The normalized spacial score (nSPS) is 26.0. The molecule has 2 aliphatic rings. The molecule has 1 aromatic carbocycles. The number of rotatable bonds is 5. The van der Waals surface area contributed by atoms with Crippen LogP contribution in [-0.4, -0.2) is 50.0 Å². The van der Waals surface area contributed by atoms with Gasteiger partial charge in [-0.2, -0.15) is 0 Å². The lowest BCUT2D eigenvalue weighted by Gasteiger charge is -2.35. The molecule has 2 aromatic heterocycles. The van der Waals surface area contributed by atoms with Crippen molar-refractivity contribution in [3.05, 3.63) is 47.7 Å². The lowest BCUT2D eigenvalue weighted by Crippen LogP contribution is -2.42. The highest BCUT2D eigenvalue weighted by Crippen LogP contribution is 2.41. The van der Waals surface area contributed by atoms with E-state index >= 15 is 0 Å². The molecule has 1 aliphatic heterocycles. The molecule has 2 N–H and O–H groups in total. The maximum absolute atomic E-state index is 10.8. The van der Waals surface area contributed by atoms with Gasteiger partial charge in [0.2, 0.25) is 0 Å². The summed E-state index contributed by atoms with van der Waals surface area (Å²) in [7, 11) is 1.97. The zero-order valence-electron chi connectivity index (χ0n) is 16.9. The van der Waals surface area contributed by atoms with Crippen LogP contribution in [0, 0.1) is 11.8 Å². The van der Waals surface area contributed by atoms with Crippen LogP contribution in [0.15, 0.2) is 42.0 Å². The third-order valence-corrected chi connectivity index (χ3v) is 7.23. The van der Waals surface area contributed by atoms with E-state index in [4.69, 9.17) is 4.74 Å². The van der Waals surface area contributed by atoms with E-state index in [2.05, 4.69) is 14.9 Å². The van der Waals surface area contributed by atoms with Crippen LogP contribution >= 0.6 is 11.3 Å². The summed E-state index contributed by atoms with van der Waals surface area (Å²) >= 11 is 1.57. The molecule has 8 heteroatoms. The molecule has 30 heavy (non-hydrogen) atoms. The Morgan fingerprint density at radius 1 is 1.20 bits per heavy atom. The fraction of sp³-hybridized carbons (Fsp3) is 0.455. The monoisotopic (exact) mass is 426 g/mol. The zero-order chi connectivity index (χ0) is 20.7. The van der Waals surface area contributed by atoms with Gasteiger partial charge in [0.25, 0.3) is 0 Å². The van der Waals surface area contributed by atoms with Gasteiger partial charge in [-0.15, -0.1) is 11.3 Å². The second-order valence-corrected chi connectivity index (χ2v) is 9.09. The minimum atomic E-state index is -0.495. The number of fused-ring (bicyclic) bond motifs is 1. The Morgan fingerprint density at radius 3 is 2.73 bits per heavy atom. The van der Waals surface area contributed by atoms with Crippen molar-refractivity contribution in [1.29, 1.82) is 0 Å². The van der Waals surface area contributed by atoms with E-state index in [1.807, 2.05) is 47.5 Å². The predicted octanol–water partition coefficient (Wildman–Crippen LogP) is 2.69. The van der Waals surface area contributed by atoms with Crippen molar-refractivity contribution >= 4 is 16.5 Å².